The third kappa shape index (κ3) is 2.96. The van der Waals surface area contributed by atoms with Crippen LogP contribution in [0.25, 0.3) is 10.8 Å². The first kappa shape index (κ1) is 13.4. The van der Waals surface area contributed by atoms with Gasteiger partial charge < -0.3 is 9.15 Å². The molecule has 0 saturated carbocycles. The molecule has 0 aliphatic carbocycles. The van der Waals surface area contributed by atoms with Gasteiger partial charge in [0.15, 0.2) is 0 Å². The highest BCUT2D eigenvalue weighted by molar-refractivity contribution is 7.13. The minimum atomic E-state index is 0.315. The first-order valence-corrected chi connectivity index (χ1v) is 7.27. The molecule has 0 radical (unpaired) electrons. The Morgan fingerprint density at radius 1 is 1.33 bits per heavy atom. The Bertz CT molecular complexity index is 785. The Balaban J connectivity index is 1.75. The lowest BCUT2D eigenvalue weighted by Crippen LogP contribution is -1.97. The van der Waals surface area contributed by atoms with Crippen LogP contribution in [0.15, 0.2) is 46.2 Å². The van der Waals surface area contributed by atoms with E-state index in [0.717, 1.165) is 16.3 Å². The molecule has 0 N–H and O–H groups in total. The summed E-state index contributed by atoms with van der Waals surface area (Å²) in [7, 11) is 0. The van der Waals surface area contributed by atoms with Crippen LogP contribution in [0.4, 0.5) is 0 Å². The van der Waals surface area contributed by atoms with Gasteiger partial charge in [0, 0.05) is 0 Å². The van der Waals surface area contributed by atoms with Crippen molar-refractivity contribution in [3.63, 3.8) is 0 Å². The molecule has 0 amide bonds. The Hall–Kier alpha value is -2.58. The lowest BCUT2D eigenvalue weighted by Gasteiger charge is -2.04. The van der Waals surface area contributed by atoms with Crippen molar-refractivity contribution in [2.24, 2.45) is 0 Å². The molecule has 104 valence electrons. The molecule has 3 aromatic rings. The van der Waals surface area contributed by atoms with Gasteiger partial charge >= 0.3 is 0 Å². The standard InChI is InChI=1S/C16H12N2O2S/c1-11-14(18-16(20-11)15-6-3-7-21-15)10-19-13-5-2-4-12(8-13)9-17/h2-8H,10H2,1H3. The Morgan fingerprint density at radius 3 is 3.00 bits per heavy atom. The molecular weight excluding hydrogens is 284 g/mol. The fourth-order valence-corrected chi connectivity index (χ4v) is 2.52. The van der Waals surface area contributed by atoms with E-state index in [1.165, 1.54) is 0 Å². The van der Waals surface area contributed by atoms with Crippen LogP contribution in [0, 0.1) is 18.3 Å². The molecule has 0 unspecified atom stereocenters. The molecule has 0 bridgehead atoms. The summed E-state index contributed by atoms with van der Waals surface area (Å²) in [5.41, 5.74) is 1.34. The normalized spacial score (nSPS) is 10.3. The summed E-state index contributed by atoms with van der Waals surface area (Å²) in [6.07, 6.45) is 0. The number of aryl methyl sites for hydroxylation is 1. The second-order valence-electron chi connectivity index (χ2n) is 4.43. The van der Waals surface area contributed by atoms with Crippen molar-refractivity contribution >= 4 is 11.3 Å². The number of nitriles is 1. The number of oxazole rings is 1. The van der Waals surface area contributed by atoms with Crippen LogP contribution in [-0.2, 0) is 6.61 Å². The molecule has 2 heterocycles. The number of thiophene rings is 1. The number of hydrogen-bond acceptors (Lipinski definition) is 5. The Kier molecular flexibility index (Phi) is 3.71. The summed E-state index contributed by atoms with van der Waals surface area (Å²) >= 11 is 1.58. The summed E-state index contributed by atoms with van der Waals surface area (Å²) in [5.74, 6) is 2.01. The van der Waals surface area contributed by atoms with Gasteiger partial charge in [-0.1, -0.05) is 12.1 Å². The Labute approximate surface area is 126 Å². The highest BCUT2D eigenvalue weighted by Crippen LogP contribution is 2.26. The lowest BCUT2D eigenvalue weighted by molar-refractivity contribution is 0.299. The van der Waals surface area contributed by atoms with Crippen molar-refractivity contribution in [1.29, 1.82) is 5.26 Å². The average molecular weight is 296 g/mol. The van der Waals surface area contributed by atoms with Crippen LogP contribution in [-0.4, -0.2) is 4.98 Å². The summed E-state index contributed by atoms with van der Waals surface area (Å²) in [6, 6.07) is 13.1. The summed E-state index contributed by atoms with van der Waals surface area (Å²) < 4.78 is 11.3. The molecule has 0 spiro atoms. The maximum Gasteiger partial charge on any atom is 0.236 e. The molecule has 1 aromatic carbocycles. The van der Waals surface area contributed by atoms with Crippen molar-refractivity contribution in [2.45, 2.75) is 13.5 Å². The van der Waals surface area contributed by atoms with E-state index >= 15 is 0 Å². The molecule has 21 heavy (non-hydrogen) atoms. The predicted molar refractivity (Wildman–Crippen MR) is 80.0 cm³/mol. The zero-order valence-corrected chi connectivity index (χ0v) is 12.2. The van der Waals surface area contributed by atoms with Gasteiger partial charge in [-0.2, -0.15) is 5.26 Å². The molecule has 0 atom stereocenters. The van der Waals surface area contributed by atoms with Crippen molar-refractivity contribution < 1.29 is 9.15 Å². The fourth-order valence-electron chi connectivity index (χ4n) is 1.87. The van der Waals surface area contributed by atoms with Gasteiger partial charge in [-0.05, 0) is 36.6 Å². The van der Waals surface area contributed by atoms with Gasteiger partial charge in [-0.15, -0.1) is 11.3 Å². The number of ether oxygens (including phenoxy) is 1. The van der Waals surface area contributed by atoms with Crippen molar-refractivity contribution in [1.82, 2.24) is 4.98 Å². The summed E-state index contributed by atoms with van der Waals surface area (Å²) in [4.78, 5) is 5.46. The third-order valence-electron chi connectivity index (χ3n) is 2.96. The van der Waals surface area contributed by atoms with E-state index in [1.54, 1.807) is 29.5 Å². The quantitative estimate of drug-likeness (QED) is 0.725. The molecule has 0 aliphatic rings. The highest BCUT2D eigenvalue weighted by atomic mass is 32.1. The third-order valence-corrected chi connectivity index (χ3v) is 3.82. The number of benzene rings is 1. The maximum atomic E-state index is 8.87. The topological polar surface area (TPSA) is 59.1 Å². The van der Waals surface area contributed by atoms with Gasteiger partial charge in [-0.3, -0.25) is 0 Å². The first-order valence-electron chi connectivity index (χ1n) is 6.39. The largest absolute Gasteiger partial charge is 0.487 e. The van der Waals surface area contributed by atoms with E-state index in [-0.39, 0.29) is 0 Å². The Morgan fingerprint density at radius 2 is 2.24 bits per heavy atom. The summed E-state index contributed by atoms with van der Waals surface area (Å²) in [5, 5.41) is 10.9. The molecule has 2 aromatic heterocycles. The number of nitrogens with zero attached hydrogens (tertiary/aromatic N) is 2. The predicted octanol–water partition coefficient (Wildman–Crippen LogP) is 4.16. The molecule has 3 rings (SSSR count). The van der Waals surface area contributed by atoms with Crippen LogP contribution >= 0.6 is 11.3 Å². The van der Waals surface area contributed by atoms with E-state index in [4.69, 9.17) is 14.4 Å². The second-order valence-corrected chi connectivity index (χ2v) is 5.38. The maximum absolute atomic E-state index is 8.87. The molecule has 0 fully saturated rings. The minimum Gasteiger partial charge on any atom is -0.487 e. The zero-order valence-electron chi connectivity index (χ0n) is 11.4. The van der Waals surface area contributed by atoms with Crippen LogP contribution in [0.3, 0.4) is 0 Å². The van der Waals surface area contributed by atoms with Crippen LogP contribution < -0.4 is 4.74 Å². The van der Waals surface area contributed by atoms with Gasteiger partial charge in [0.25, 0.3) is 0 Å². The number of rotatable bonds is 4. The molecule has 0 aliphatic heterocycles. The molecule has 5 heteroatoms. The molecule has 4 nitrogen and oxygen atoms in total. The highest BCUT2D eigenvalue weighted by Gasteiger charge is 2.12. The van der Waals surface area contributed by atoms with Gasteiger partial charge in [0.05, 0.1) is 16.5 Å². The van der Waals surface area contributed by atoms with Crippen LogP contribution in [0.1, 0.15) is 17.0 Å². The smallest absolute Gasteiger partial charge is 0.236 e. The number of hydrogen-bond donors (Lipinski definition) is 0. The monoisotopic (exact) mass is 296 g/mol. The van der Waals surface area contributed by atoms with Crippen molar-refractivity contribution in [3.8, 4) is 22.6 Å². The number of aromatic nitrogens is 1. The fraction of sp³-hybridized carbons (Fsp3) is 0.125. The van der Waals surface area contributed by atoms with Gasteiger partial charge in [0.2, 0.25) is 5.89 Å². The van der Waals surface area contributed by atoms with Gasteiger partial charge in [-0.25, -0.2) is 4.98 Å². The van der Waals surface area contributed by atoms with E-state index < -0.39 is 0 Å². The van der Waals surface area contributed by atoms with Gasteiger partial charge in [0.1, 0.15) is 23.8 Å². The van der Waals surface area contributed by atoms with E-state index in [9.17, 15) is 0 Å². The minimum absolute atomic E-state index is 0.315. The summed E-state index contributed by atoms with van der Waals surface area (Å²) in [6.45, 7) is 2.18. The van der Waals surface area contributed by atoms with Crippen LogP contribution in [0.5, 0.6) is 5.75 Å². The van der Waals surface area contributed by atoms with Crippen LogP contribution in [0.2, 0.25) is 0 Å². The zero-order chi connectivity index (χ0) is 14.7. The van der Waals surface area contributed by atoms with E-state index in [1.807, 2.05) is 30.5 Å². The molecular formula is C16H12N2O2S. The van der Waals surface area contributed by atoms with Crippen molar-refractivity contribution in [3.05, 3.63) is 58.8 Å². The SMILES string of the molecule is Cc1oc(-c2cccs2)nc1COc1cccc(C#N)c1. The van der Waals surface area contributed by atoms with E-state index in [2.05, 4.69) is 11.1 Å². The van der Waals surface area contributed by atoms with E-state index in [0.29, 0.717) is 23.8 Å². The first-order chi connectivity index (χ1) is 10.3. The average Bonchev–Trinajstić information content (AvgIpc) is 3.15. The van der Waals surface area contributed by atoms with Crippen molar-refractivity contribution in [2.75, 3.05) is 0 Å². The lowest BCUT2D eigenvalue weighted by atomic mass is 10.2. The molecule has 0 saturated heterocycles. The second kappa shape index (κ2) is 5.81.